The topological polar surface area (TPSA) is 49.6 Å². The largest absolute Gasteiger partial charge is 0.399 e. The van der Waals surface area contributed by atoms with Crippen LogP contribution in [0.25, 0.3) is 0 Å². The van der Waals surface area contributed by atoms with Crippen LogP contribution in [-0.4, -0.2) is 59.1 Å². The van der Waals surface area contributed by atoms with Crippen molar-refractivity contribution in [2.45, 2.75) is 25.1 Å². The molecular weight excluding hydrogens is 279 g/mol. The normalized spacial score (nSPS) is 26.4. The Morgan fingerprint density at radius 2 is 2.16 bits per heavy atom. The fourth-order valence-corrected chi connectivity index (χ4v) is 2.92. The van der Waals surface area contributed by atoms with Gasteiger partial charge < -0.3 is 10.6 Å². The van der Waals surface area contributed by atoms with Crippen molar-refractivity contribution in [2.75, 3.05) is 26.2 Å². The van der Waals surface area contributed by atoms with Crippen LogP contribution in [0.3, 0.4) is 0 Å². The molecule has 2 saturated heterocycles. The third-order valence-corrected chi connectivity index (χ3v) is 4.04. The molecule has 19 heavy (non-hydrogen) atoms. The fraction of sp³-hybridized carbons (Fsp3) is 0.818. The summed E-state index contributed by atoms with van der Waals surface area (Å²) in [6.45, 7) is 1.20. The van der Waals surface area contributed by atoms with Gasteiger partial charge in [0.1, 0.15) is 5.92 Å². The molecule has 2 atom stereocenters. The molecule has 0 aromatic rings. The summed E-state index contributed by atoms with van der Waals surface area (Å²) in [5.41, 5.74) is 5.19. The third-order valence-electron chi connectivity index (χ3n) is 3.76. The molecule has 2 rings (SSSR count). The molecule has 2 unspecified atom stereocenters. The quantitative estimate of drug-likeness (QED) is 0.781. The lowest BCUT2D eigenvalue weighted by molar-refractivity contribution is -0.161. The van der Waals surface area contributed by atoms with Gasteiger partial charge in [0.05, 0.1) is 4.99 Å². The maximum Gasteiger partial charge on any atom is 0.399 e. The monoisotopic (exact) mass is 295 g/mol. The van der Waals surface area contributed by atoms with Crippen molar-refractivity contribution in [1.29, 1.82) is 0 Å². The van der Waals surface area contributed by atoms with Crippen molar-refractivity contribution in [3.05, 3.63) is 0 Å². The van der Waals surface area contributed by atoms with Crippen LogP contribution < -0.4 is 5.73 Å². The highest BCUT2D eigenvalue weighted by Crippen LogP contribution is 2.29. The van der Waals surface area contributed by atoms with E-state index in [0.29, 0.717) is 26.1 Å². The van der Waals surface area contributed by atoms with Gasteiger partial charge in [0.2, 0.25) is 5.91 Å². The van der Waals surface area contributed by atoms with E-state index in [0.717, 1.165) is 6.42 Å². The summed E-state index contributed by atoms with van der Waals surface area (Å²) >= 11 is 4.51. The van der Waals surface area contributed by atoms with Gasteiger partial charge in [-0.15, -0.1) is 0 Å². The van der Waals surface area contributed by atoms with Crippen LogP contribution in [0.1, 0.15) is 12.8 Å². The fourth-order valence-electron chi connectivity index (χ4n) is 2.71. The number of hydrogen-bond acceptors (Lipinski definition) is 3. The van der Waals surface area contributed by atoms with Gasteiger partial charge in [-0.1, -0.05) is 12.2 Å². The van der Waals surface area contributed by atoms with Crippen LogP contribution in [0.5, 0.6) is 0 Å². The first kappa shape index (κ1) is 14.5. The van der Waals surface area contributed by atoms with Crippen LogP contribution in [0.2, 0.25) is 0 Å². The van der Waals surface area contributed by atoms with Gasteiger partial charge in [0.15, 0.2) is 0 Å². The highest BCUT2D eigenvalue weighted by Gasteiger charge is 2.44. The molecule has 0 spiro atoms. The number of carbonyl (C=O) groups is 1. The van der Waals surface area contributed by atoms with E-state index in [1.165, 1.54) is 0 Å². The molecule has 2 fully saturated rings. The molecule has 0 radical (unpaired) electrons. The van der Waals surface area contributed by atoms with E-state index in [1.807, 2.05) is 0 Å². The van der Waals surface area contributed by atoms with Gasteiger partial charge in [-0.3, -0.25) is 9.69 Å². The molecule has 4 nitrogen and oxygen atoms in total. The van der Waals surface area contributed by atoms with Crippen molar-refractivity contribution in [1.82, 2.24) is 9.80 Å². The summed E-state index contributed by atoms with van der Waals surface area (Å²) in [5, 5.41) is 0. The Labute approximate surface area is 114 Å². The average molecular weight is 295 g/mol. The third kappa shape index (κ3) is 3.17. The first-order valence-corrected chi connectivity index (χ1v) is 6.57. The molecule has 2 heterocycles. The van der Waals surface area contributed by atoms with Crippen molar-refractivity contribution in [3.8, 4) is 0 Å². The maximum absolute atomic E-state index is 12.8. The summed E-state index contributed by atoms with van der Waals surface area (Å²) < 4.78 is 38.4. The predicted molar refractivity (Wildman–Crippen MR) is 67.5 cm³/mol. The standard InChI is InChI=1S/C11H16F3N3OS/c12-11(13,14)8(10(15)19)6-16-3-4-17-7(5-16)1-2-9(17)18/h7-8H,1-6H2,(H2,15,19). The number of nitrogens with zero attached hydrogens (tertiary/aromatic N) is 2. The van der Waals surface area contributed by atoms with E-state index in [4.69, 9.17) is 5.73 Å². The summed E-state index contributed by atoms with van der Waals surface area (Å²) in [6, 6.07) is 0.0430. The minimum Gasteiger partial charge on any atom is -0.393 e. The molecule has 0 aromatic carbocycles. The molecule has 0 bridgehead atoms. The van der Waals surface area contributed by atoms with E-state index >= 15 is 0 Å². The highest BCUT2D eigenvalue weighted by atomic mass is 32.1. The minimum atomic E-state index is -4.41. The molecule has 2 aliphatic heterocycles. The lowest BCUT2D eigenvalue weighted by atomic mass is 10.1. The van der Waals surface area contributed by atoms with Crippen LogP contribution in [0.15, 0.2) is 0 Å². The zero-order valence-corrected chi connectivity index (χ0v) is 11.1. The number of amides is 1. The number of thiocarbonyl (C=S) groups is 1. The molecule has 1 amide bonds. The molecule has 2 N–H and O–H groups in total. The smallest absolute Gasteiger partial charge is 0.393 e. The molecular formula is C11H16F3N3OS. The lowest BCUT2D eigenvalue weighted by Crippen LogP contribution is -2.54. The van der Waals surface area contributed by atoms with Gasteiger partial charge in [-0.2, -0.15) is 13.2 Å². The number of rotatable bonds is 3. The second-order valence-corrected chi connectivity index (χ2v) is 5.51. The second-order valence-electron chi connectivity index (χ2n) is 5.04. The summed E-state index contributed by atoms with van der Waals surface area (Å²) in [7, 11) is 0. The molecule has 0 saturated carbocycles. The average Bonchev–Trinajstić information content (AvgIpc) is 2.66. The van der Waals surface area contributed by atoms with E-state index < -0.39 is 17.1 Å². The summed E-state index contributed by atoms with van der Waals surface area (Å²) in [5.74, 6) is -1.67. The SMILES string of the molecule is NC(=S)C(CN1CCN2C(=O)CCC2C1)C(F)(F)F. The van der Waals surface area contributed by atoms with Crippen LogP contribution in [0.4, 0.5) is 13.2 Å². The summed E-state index contributed by atoms with van der Waals surface area (Å²) in [4.78, 5) is 14.4. The lowest BCUT2D eigenvalue weighted by Gasteiger charge is -2.39. The Hall–Kier alpha value is -0.890. The number of halogens is 3. The van der Waals surface area contributed by atoms with E-state index in [1.54, 1.807) is 9.80 Å². The Morgan fingerprint density at radius 3 is 2.74 bits per heavy atom. The number of hydrogen-bond donors (Lipinski definition) is 1. The molecule has 0 aromatic heterocycles. The zero-order valence-electron chi connectivity index (χ0n) is 10.3. The summed E-state index contributed by atoms with van der Waals surface area (Å²) in [6.07, 6.45) is -3.19. The number of piperazine rings is 1. The van der Waals surface area contributed by atoms with Crippen LogP contribution in [-0.2, 0) is 4.79 Å². The minimum absolute atomic E-state index is 0.0430. The molecule has 2 aliphatic rings. The van der Waals surface area contributed by atoms with Gasteiger partial charge >= 0.3 is 6.18 Å². The Kier molecular flexibility index (Phi) is 4.00. The van der Waals surface area contributed by atoms with Crippen LogP contribution >= 0.6 is 12.2 Å². The van der Waals surface area contributed by atoms with E-state index in [9.17, 15) is 18.0 Å². The van der Waals surface area contributed by atoms with Crippen molar-refractivity contribution < 1.29 is 18.0 Å². The van der Waals surface area contributed by atoms with Crippen LogP contribution in [0, 0.1) is 5.92 Å². The number of alkyl halides is 3. The Morgan fingerprint density at radius 1 is 1.47 bits per heavy atom. The predicted octanol–water partition coefficient (Wildman–Crippen LogP) is 0.758. The first-order valence-electron chi connectivity index (χ1n) is 6.17. The number of carbonyl (C=O) groups excluding carboxylic acids is 1. The molecule has 108 valence electrons. The Balaban J connectivity index is 1.97. The number of fused-ring (bicyclic) bond motifs is 1. The van der Waals surface area contributed by atoms with Gasteiger partial charge in [-0.05, 0) is 6.42 Å². The maximum atomic E-state index is 12.8. The second kappa shape index (κ2) is 5.24. The molecule has 0 aliphatic carbocycles. The van der Waals surface area contributed by atoms with Gasteiger partial charge in [-0.25, -0.2) is 0 Å². The zero-order chi connectivity index (χ0) is 14.2. The van der Waals surface area contributed by atoms with Crippen molar-refractivity contribution >= 4 is 23.1 Å². The van der Waals surface area contributed by atoms with E-state index in [2.05, 4.69) is 12.2 Å². The first-order chi connectivity index (χ1) is 8.79. The molecule has 8 heteroatoms. The number of nitrogens with two attached hydrogens (primary N) is 1. The Bertz CT molecular complexity index is 388. The van der Waals surface area contributed by atoms with Gasteiger partial charge in [0.25, 0.3) is 0 Å². The van der Waals surface area contributed by atoms with Crippen molar-refractivity contribution in [2.24, 2.45) is 11.7 Å². The van der Waals surface area contributed by atoms with E-state index in [-0.39, 0.29) is 18.5 Å². The van der Waals surface area contributed by atoms with Gasteiger partial charge in [0, 0.05) is 38.6 Å². The highest BCUT2D eigenvalue weighted by molar-refractivity contribution is 7.80. The van der Waals surface area contributed by atoms with Crippen molar-refractivity contribution in [3.63, 3.8) is 0 Å².